The summed E-state index contributed by atoms with van der Waals surface area (Å²) >= 11 is 0. The van der Waals surface area contributed by atoms with E-state index in [9.17, 15) is 0 Å². The second-order valence-corrected chi connectivity index (χ2v) is 3.69. The summed E-state index contributed by atoms with van der Waals surface area (Å²) in [7, 11) is 1.96. The van der Waals surface area contributed by atoms with Gasteiger partial charge in [-0.05, 0) is 20.8 Å². The lowest BCUT2D eigenvalue weighted by molar-refractivity contribution is 0.303. The molecule has 5 heteroatoms. The number of hydrogen-bond donors (Lipinski definition) is 0. The molecule has 0 saturated heterocycles. The monoisotopic (exact) mass is 205 g/mol. The van der Waals surface area contributed by atoms with Crippen molar-refractivity contribution in [3.8, 4) is 0 Å². The van der Waals surface area contributed by atoms with E-state index in [-0.39, 0.29) is 6.17 Å². The minimum Gasteiger partial charge on any atom is -0.289 e. The summed E-state index contributed by atoms with van der Waals surface area (Å²) in [4.78, 5) is 10.7. The quantitative estimate of drug-likeness (QED) is 0.691. The van der Waals surface area contributed by atoms with E-state index in [2.05, 4.69) is 26.9 Å². The predicted molar refractivity (Wildman–Crippen MR) is 59.6 cm³/mol. The number of rotatable bonds is 1. The van der Waals surface area contributed by atoms with Gasteiger partial charge in [0.05, 0.1) is 5.69 Å². The van der Waals surface area contributed by atoms with Gasteiger partial charge in [0.15, 0.2) is 5.82 Å². The highest BCUT2D eigenvalue weighted by Crippen LogP contribution is 2.23. The number of aromatic nitrogens is 2. The lowest BCUT2D eigenvalue weighted by Crippen LogP contribution is -2.38. The Balaban J connectivity index is 2.40. The first-order valence-corrected chi connectivity index (χ1v) is 4.96. The van der Waals surface area contributed by atoms with Crippen LogP contribution in [0.1, 0.15) is 19.5 Å². The van der Waals surface area contributed by atoms with Gasteiger partial charge in [-0.3, -0.25) is 14.9 Å². The van der Waals surface area contributed by atoms with Crippen molar-refractivity contribution < 1.29 is 0 Å². The Labute approximate surface area is 89.4 Å². The molecule has 80 valence electrons. The number of amidine groups is 1. The number of hydrogen-bond acceptors (Lipinski definition) is 5. The zero-order valence-corrected chi connectivity index (χ0v) is 9.47. The van der Waals surface area contributed by atoms with Crippen LogP contribution < -0.4 is 4.90 Å². The van der Waals surface area contributed by atoms with Crippen molar-refractivity contribution >= 4 is 11.7 Å². The average molecular weight is 205 g/mol. The maximum atomic E-state index is 4.38. The number of hydrazone groups is 1. The minimum atomic E-state index is 0.195. The summed E-state index contributed by atoms with van der Waals surface area (Å²) < 4.78 is 0. The Bertz CT molecular complexity index is 401. The van der Waals surface area contributed by atoms with E-state index < -0.39 is 0 Å². The fourth-order valence-corrected chi connectivity index (χ4v) is 1.76. The summed E-state index contributed by atoms with van der Waals surface area (Å²) in [6.07, 6.45) is 3.61. The van der Waals surface area contributed by atoms with Crippen molar-refractivity contribution in [1.82, 2.24) is 15.0 Å². The Kier molecular flexibility index (Phi) is 2.30. The standard InChI is InChI=1S/C10H15N5/c1-7-10(12-6-5-11-7)15-8(2)13-14(4)9(15)3/h5-6,9H,1-4H3. The van der Waals surface area contributed by atoms with Gasteiger partial charge in [-0.1, -0.05) is 0 Å². The molecule has 1 aliphatic heterocycles. The molecule has 1 aromatic heterocycles. The molecular weight excluding hydrogens is 190 g/mol. The first kappa shape index (κ1) is 9.89. The van der Waals surface area contributed by atoms with Crippen LogP contribution in [-0.2, 0) is 0 Å². The minimum absolute atomic E-state index is 0.195. The highest BCUT2D eigenvalue weighted by atomic mass is 15.6. The lowest BCUT2D eigenvalue weighted by Gasteiger charge is -2.26. The molecule has 0 amide bonds. The summed E-state index contributed by atoms with van der Waals surface area (Å²) in [5.41, 5.74) is 0.925. The molecule has 0 N–H and O–H groups in total. The number of nitrogens with zero attached hydrogens (tertiary/aromatic N) is 5. The second kappa shape index (κ2) is 3.49. The van der Waals surface area contributed by atoms with Gasteiger partial charge in [0, 0.05) is 19.4 Å². The molecule has 0 aliphatic carbocycles. The molecule has 2 rings (SSSR count). The average Bonchev–Trinajstić information content (AvgIpc) is 2.43. The summed E-state index contributed by atoms with van der Waals surface area (Å²) in [6.45, 7) is 6.03. The van der Waals surface area contributed by atoms with Crippen LogP contribution in [0.3, 0.4) is 0 Å². The molecule has 15 heavy (non-hydrogen) atoms. The van der Waals surface area contributed by atoms with Gasteiger partial charge in [0.2, 0.25) is 0 Å². The summed E-state index contributed by atoms with van der Waals surface area (Å²) in [5, 5.41) is 6.30. The van der Waals surface area contributed by atoms with Crippen molar-refractivity contribution in [2.75, 3.05) is 11.9 Å². The van der Waals surface area contributed by atoms with E-state index in [1.807, 2.05) is 25.9 Å². The molecule has 1 atom stereocenters. The molecule has 0 spiro atoms. The second-order valence-electron chi connectivity index (χ2n) is 3.69. The van der Waals surface area contributed by atoms with Crippen molar-refractivity contribution in [1.29, 1.82) is 0 Å². The lowest BCUT2D eigenvalue weighted by atomic mass is 10.3. The highest BCUT2D eigenvalue weighted by molar-refractivity contribution is 5.97. The van der Waals surface area contributed by atoms with Crippen molar-refractivity contribution in [2.24, 2.45) is 5.10 Å². The molecule has 5 nitrogen and oxygen atoms in total. The summed E-state index contributed by atoms with van der Waals surface area (Å²) in [5.74, 6) is 1.84. The van der Waals surface area contributed by atoms with Crippen LogP contribution in [0.2, 0.25) is 0 Å². The van der Waals surface area contributed by atoms with Gasteiger partial charge < -0.3 is 0 Å². The smallest absolute Gasteiger partial charge is 0.157 e. The van der Waals surface area contributed by atoms with Gasteiger partial charge in [-0.15, -0.1) is 0 Å². The molecule has 0 fully saturated rings. The maximum absolute atomic E-state index is 4.38. The van der Waals surface area contributed by atoms with E-state index in [0.29, 0.717) is 0 Å². The normalized spacial score (nSPS) is 20.8. The maximum Gasteiger partial charge on any atom is 0.157 e. The molecule has 0 bridgehead atoms. The van der Waals surface area contributed by atoms with Gasteiger partial charge in [0.1, 0.15) is 12.0 Å². The van der Waals surface area contributed by atoms with E-state index in [1.54, 1.807) is 12.4 Å². The van der Waals surface area contributed by atoms with E-state index in [4.69, 9.17) is 0 Å². The molecule has 1 aromatic rings. The fourth-order valence-electron chi connectivity index (χ4n) is 1.76. The van der Waals surface area contributed by atoms with Crippen LogP contribution in [0.15, 0.2) is 17.5 Å². The van der Waals surface area contributed by atoms with E-state index in [0.717, 1.165) is 17.3 Å². The first-order chi connectivity index (χ1) is 7.11. The molecule has 1 unspecified atom stereocenters. The molecule has 0 radical (unpaired) electrons. The van der Waals surface area contributed by atoms with Crippen molar-refractivity contribution in [3.63, 3.8) is 0 Å². The van der Waals surface area contributed by atoms with E-state index in [1.165, 1.54) is 0 Å². The van der Waals surface area contributed by atoms with Crippen LogP contribution in [-0.4, -0.2) is 34.0 Å². The van der Waals surface area contributed by atoms with Crippen molar-refractivity contribution in [3.05, 3.63) is 18.1 Å². The predicted octanol–water partition coefficient (Wildman–Crippen LogP) is 1.22. The van der Waals surface area contributed by atoms with Gasteiger partial charge in [-0.2, -0.15) is 5.10 Å². The van der Waals surface area contributed by atoms with Crippen LogP contribution in [0, 0.1) is 6.92 Å². The van der Waals surface area contributed by atoms with Crippen LogP contribution in [0.4, 0.5) is 5.82 Å². The van der Waals surface area contributed by atoms with E-state index >= 15 is 0 Å². The molecule has 0 saturated carbocycles. The third-order valence-corrected chi connectivity index (χ3v) is 2.65. The van der Waals surface area contributed by atoms with Crippen LogP contribution in [0.25, 0.3) is 0 Å². The highest BCUT2D eigenvalue weighted by Gasteiger charge is 2.28. The first-order valence-electron chi connectivity index (χ1n) is 4.96. The number of aryl methyl sites for hydroxylation is 1. The van der Waals surface area contributed by atoms with Crippen molar-refractivity contribution in [2.45, 2.75) is 26.9 Å². The SMILES string of the molecule is CC1=NN(C)C(C)N1c1nccnc1C. The topological polar surface area (TPSA) is 44.6 Å². The Hall–Kier alpha value is -1.65. The molecule has 2 heterocycles. The van der Waals surface area contributed by atoms with Gasteiger partial charge >= 0.3 is 0 Å². The Morgan fingerprint density at radius 2 is 1.87 bits per heavy atom. The zero-order chi connectivity index (χ0) is 11.0. The van der Waals surface area contributed by atoms with Gasteiger partial charge in [-0.25, -0.2) is 4.98 Å². The Morgan fingerprint density at radius 1 is 1.20 bits per heavy atom. The fraction of sp³-hybridized carbons (Fsp3) is 0.500. The third-order valence-electron chi connectivity index (χ3n) is 2.65. The summed E-state index contributed by atoms with van der Waals surface area (Å²) in [6, 6.07) is 0. The third kappa shape index (κ3) is 1.54. The van der Waals surface area contributed by atoms with Gasteiger partial charge in [0.25, 0.3) is 0 Å². The largest absolute Gasteiger partial charge is 0.289 e. The zero-order valence-electron chi connectivity index (χ0n) is 9.47. The Morgan fingerprint density at radius 3 is 2.40 bits per heavy atom. The van der Waals surface area contributed by atoms with Crippen LogP contribution >= 0.6 is 0 Å². The van der Waals surface area contributed by atoms with Crippen LogP contribution in [0.5, 0.6) is 0 Å². The molecular formula is C10H15N5. The number of anilines is 1. The molecule has 1 aliphatic rings. The molecule has 0 aromatic carbocycles.